The molecule has 29 heavy (non-hydrogen) atoms. The summed E-state index contributed by atoms with van der Waals surface area (Å²) in [5.41, 5.74) is -0.0702. The van der Waals surface area contributed by atoms with Crippen LogP contribution in [0, 0.1) is 23.4 Å². The van der Waals surface area contributed by atoms with Crippen molar-refractivity contribution in [3.05, 3.63) is 53.2 Å². The maximum absolute atomic E-state index is 13.8. The van der Waals surface area contributed by atoms with Crippen LogP contribution < -0.4 is 10.1 Å². The van der Waals surface area contributed by atoms with Gasteiger partial charge >= 0.3 is 6.18 Å². The molecule has 156 valence electrons. The molecule has 3 rings (SSSR count). The SMILES string of the molecule is CC(NC(=O)[C@H]1C[C@@H]1c1c(F)cc(F)cc1F)c1cnc(OCC(F)(F)F)cn1. The van der Waals surface area contributed by atoms with Crippen LogP contribution in [0.15, 0.2) is 24.5 Å². The molecule has 1 unspecified atom stereocenters. The smallest absolute Gasteiger partial charge is 0.422 e. The lowest BCUT2D eigenvalue weighted by Gasteiger charge is -2.14. The van der Waals surface area contributed by atoms with Crippen molar-refractivity contribution in [1.29, 1.82) is 0 Å². The van der Waals surface area contributed by atoms with Gasteiger partial charge in [-0.1, -0.05) is 0 Å². The van der Waals surface area contributed by atoms with E-state index in [-0.39, 0.29) is 23.6 Å². The molecule has 1 aromatic heterocycles. The van der Waals surface area contributed by atoms with Crippen LogP contribution in [0.25, 0.3) is 0 Å². The summed E-state index contributed by atoms with van der Waals surface area (Å²) < 4.78 is 81.4. The van der Waals surface area contributed by atoms with Gasteiger partial charge in [0.15, 0.2) is 6.61 Å². The molecule has 11 heteroatoms. The van der Waals surface area contributed by atoms with Gasteiger partial charge in [0.05, 0.1) is 24.1 Å². The van der Waals surface area contributed by atoms with Gasteiger partial charge in [0, 0.05) is 29.5 Å². The van der Waals surface area contributed by atoms with Crippen LogP contribution in [-0.4, -0.2) is 28.7 Å². The highest BCUT2D eigenvalue weighted by Gasteiger charge is 2.47. The number of amides is 1. The standard InChI is InChI=1S/C18H15F6N3O2/c1-8(14-5-26-15(6-25-14)29-7-18(22,23)24)27-17(28)11-4-10(11)16-12(20)2-9(19)3-13(16)21/h2-3,5-6,8,10-11H,4,7H2,1H3,(H,27,28)/t8?,10-,11-/m0/s1. The number of carbonyl (C=O) groups is 1. The molecule has 1 heterocycles. The third-order valence-electron chi connectivity index (χ3n) is 4.38. The molecule has 1 saturated carbocycles. The van der Waals surface area contributed by atoms with Crippen LogP contribution in [0.2, 0.25) is 0 Å². The summed E-state index contributed by atoms with van der Waals surface area (Å²) in [7, 11) is 0. The van der Waals surface area contributed by atoms with E-state index in [1.807, 2.05) is 0 Å². The number of halogens is 6. The van der Waals surface area contributed by atoms with E-state index in [1.165, 1.54) is 0 Å². The van der Waals surface area contributed by atoms with E-state index < -0.39 is 54.0 Å². The largest absolute Gasteiger partial charge is 0.467 e. The van der Waals surface area contributed by atoms with Gasteiger partial charge in [0.1, 0.15) is 17.5 Å². The summed E-state index contributed by atoms with van der Waals surface area (Å²) in [6.45, 7) is 0.0570. The van der Waals surface area contributed by atoms with E-state index in [0.29, 0.717) is 12.1 Å². The molecule has 2 aromatic rings. The van der Waals surface area contributed by atoms with Crippen molar-refractivity contribution < 1.29 is 35.9 Å². The van der Waals surface area contributed by atoms with E-state index in [2.05, 4.69) is 20.0 Å². The fourth-order valence-electron chi connectivity index (χ4n) is 2.89. The third kappa shape index (κ3) is 5.15. The predicted molar refractivity (Wildman–Crippen MR) is 87.3 cm³/mol. The molecule has 0 spiro atoms. The number of aromatic nitrogens is 2. The molecule has 0 radical (unpaired) electrons. The Labute approximate surface area is 161 Å². The Morgan fingerprint density at radius 2 is 1.86 bits per heavy atom. The second-order valence-electron chi connectivity index (χ2n) is 6.65. The van der Waals surface area contributed by atoms with Gasteiger partial charge in [-0.15, -0.1) is 0 Å². The molecule has 3 atom stereocenters. The maximum Gasteiger partial charge on any atom is 0.422 e. The molecule has 1 aromatic carbocycles. The Balaban J connectivity index is 1.58. The van der Waals surface area contributed by atoms with Crippen LogP contribution in [0.1, 0.15) is 36.6 Å². The molecule has 5 nitrogen and oxygen atoms in total. The number of hydrogen-bond donors (Lipinski definition) is 1. The number of alkyl halides is 3. The topological polar surface area (TPSA) is 64.1 Å². The molecular formula is C18H15F6N3O2. The number of benzene rings is 1. The highest BCUT2D eigenvalue weighted by Crippen LogP contribution is 2.49. The van der Waals surface area contributed by atoms with Crippen molar-refractivity contribution in [3.8, 4) is 5.88 Å². The van der Waals surface area contributed by atoms with E-state index >= 15 is 0 Å². The number of rotatable bonds is 6. The average molecular weight is 419 g/mol. The summed E-state index contributed by atoms with van der Waals surface area (Å²) in [6.07, 6.45) is -2.16. The van der Waals surface area contributed by atoms with Crippen LogP contribution in [0.4, 0.5) is 26.3 Å². The summed E-state index contributed by atoms with van der Waals surface area (Å²) in [5, 5.41) is 2.60. The van der Waals surface area contributed by atoms with E-state index in [9.17, 15) is 31.1 Å². The third-order valence-corrected chi connectivity index (χ3v) is 4.38. The Bertz CT molecular complexity index is 880. The lowest BCUT2D eigenvalue weighted by atomic mass is 10.1. The molecule has 1 N–H and O–H groups in total. The van der Waals surface area contributed by atoms with E-state index in [0.717, 1.165) is 12.4 Å². The average Bonchev–Trinajstić information content (AvgIpc) is 3.39. The van der Waals surface area contributed by atoms with Crippen LogP contribution in [-0.2, 0) is 4.79 Å². The highest BCUT2D eigenvalue weighted by atomic mass is 19.4. The van der Waals surface area contributed by atoms with E-state index in [4.69, 9.17) is 0 Å². The Kier molecular flexibility index (Phi) is 5.67. The normalized spacial score (nSPS) is 19.6. The number of hydrogen-bond acceptors (Lipinski definition) is 4. The lowest BCUT2D eigenvalue weighted by Crippen LogP contribution is -2.29. The van der Waals surface area contributed by atoms with Gasteiger partial charge in [-0.25, -0.2) is 18.2 Å². The second kappa shape index (κ2) is 7.88. The molecule has 1 amide bonds. The Morgan fingerprint density at radius 3 is 2.41 bits per heavy atom. The zero-order valence-electron chi connectivity index (χ0n) is 14.9. The summed E-state index contributed by atoms with van der Waals surface area (Å²) >= 11 is 0. The van der Waals surface area contributed by atoms with Crippen LogP contribution in [0.5, 0.6) is 5.88 Å². The van der Waals surface area contributed by atoms with Crippen molar-refractivity contribution in [2.24, 2.45) is 5.92 Å². The zero-order valence-corrected chi connectivity index (χ0v) is 14.9. The summed E-state index contributed by atoms with van der Waals surface area (Å²) in [5.74, 6) is -5.33. The maximum atomic E-state index is 13.8. The Hall–Kier alpha value is -2.85. The van der Waals surface area contributed by atoms with Gasteiger partial charge < -0.3 is 10.1 Å². The molecule has 1 aliphatic carbocycles. The number of nitrogens with zero attached hydrogens (tertiary/aromatic N) is 2. The van der Waals surface area contributed by atoms with Gasteiger partial charge in [-0.05, 0) is 13.3 Å². The molecule has 0 saturated heterocycles. The first-order valence-corrected chi connectivity index (χ1v) is 8.51. The van der Waals surface area contributed by atoms with Crippen molar-refractivity contribution >= 4 is 5.91 Å². The lowest BCUT2D eigenvalue weighted by molar-refractivity contribution is -0.154. The van der Waals surface area contributed by atoms with Gasteiger partial charge in [0.25, 0.3) is 0 Å². The van der Waals surface area contributed by atoms with Crippen LogP contribution in [0.3, 0.4) is 0 Å². The molecule has 1 fully saturated rings. The van der Waals surface area contributed by atoms with Gasteiger partial charge in [-0.3, -0.25) is 9.78 Å². The fraction of sp³-hybridized carbons (Fsp3) is 0.389. The van der Waals surface area contributed by atoms with Crippen molar-refractivity contribution in [2.45, 2.75) is 31.5 Å². The van der Waals surface area contributed by atoms with Crippen molar-refractivity contribution in [2.75, 3.05) is 6.61 Å². The van der Waals surface area contributed by atoms with Crippen LogP contribution >= 0.6 is 0 Å². The minimum Gasteiger partial charge on any atom is -0.467 e. The van der Waals surface area contributed by atoms with Gasteiger partial charge in [-0.2, -0.15) is 13.2 Å². The minimum atomic E-state index is -4.51. The minimum absolute atomic E-state index is 0.202. The first kappa shape index (κ1) is 20.9. The summed E-state index contributed by atoms with van der Waals surface area (Å²) in [4.78, 5) is 19.9. The summed E-state index contributed by atoms with van der Waals surface area (Å²) in [6, 6.07) is 0.467. The second-order valence-corrected chi connectivity index (χ2v) is 6.65. The zero-order chi connectivity index (χ0) is 21.3. The first-order chi connectivity index (χ1) is 13.5. The van der Waals surface area contributed by atoms with Crippen molar-refractivity contribution in [3.63, 3.8) is 0 Å². The number of ether oxygens (including phenoxy) is 1. The number of nitrogens with one attached hydrogen (secondary N) is 1. The first-order valence-electron chi connectivity index (χ1n) is 8.51. The quantitative estimate of drug-likeness (QED) is 0.724. The number of carbonyl (C=O) groups excluding carboxylic acids is 1. The van der Waals surface area contributed by atoms with Crippen molar-refractivity contribution in [1.82, 2.24) is 15.3 Å². The monoisotopic (exact) mass is 419 g/mol. The molecule has 1 aliphatic rings. The molecule has 0 aliphatic heterocycles. The molecular weight excluding hydrogens is 404 g/mol. The molecule has 0 bridgehead atoms. The Morgan fingerprint density at radius 1 is 1.21 bits per heavy atom. The fourth-order valence-corrected chi connectivity index (χ4v) is 2.89. The predicted octanol–water partition coefficient (Wildman–Crippen LogP) is 3.82. The van der Waals surface area contributed by atoms with E-state index in [1.54, 1.807) is 6.92 Å². The highest BCUT2D eigenvalue weighted by molar-refractivity contribution is 5.83. The van der Waals surface area contributed by atoms with Gasteiger partial charge in [0.2, 0.25) is 11.8 Å².